The van der Waals surface area contributed by atoms with Crippen LogP contribution in [0.1, 0.15) is 92.4 Å². The van der Waals surface area contributed by atoms with E-state index in [1.807, 2.05) is 0 Å². The maximum absolute atomic E-state index is 10.8. The lowest BCUT2D eigenvalue weighted by Crippen LogP contribution is -2.63. The van der Waals surface area contributed by atoms with Gasteiger partial charge in [0.15, 0.2) is 0 Å². The largest absolute Gasteiger partial charge is 0.481 e. The van der Waals surface area contributed by atoms with Gasteiger partial charge in [-0.05, 0) is 47.0 Å². The minimum absolute atomic E-state index is 0.0495. The number of aliphatic carboxylic acids is 1. The second-order valence-corrected chi connectivity index (χ2v) is 8.89. The predicted molar refractivity (Wildman–Crippen MR) is 103 cm³/mol. The maximum Gasteiger partial charge on any atom is 0.304 e. The Bertz CT molecular complexity index is 408. The highest BCUT2D eigenvalue weighted by molar-refractivity contribution is 5.66. The van der Waals surface area contributed by atoms with Crippen molar-refractivity contribution in [2.24, 2.45) is 0 Å². The molecule has 0 bridgehead atoms. The zero-order valence-electron chi connectivity index (χ0n) is 17.5. The molecule has 1 fully saturated rings. The minimum atomic E-state index is -0.887. The molecule has 0 atom stereocenters. The molecule has 0 saturated carbocycles. The first-order valence-corrected chi connectivity index (χ1v) is 10.2. The summed E-state index contributed by atoms with van der Waals surface area (Å²) in [4.78, 5) is 16.9. The Balaban J connectivity index is 2.52. The Morgan fingerprint density at radius 1 is 1.08 bits per heavy atom. The van der Waals surface area contributed by atoms with Crippen LogP contribution in [0.15, 0.2) is 0 Å². The predicted octanol–water partition coefficient (Wildman–Crippen LogP) is 4.47. The lowest BCUT2D eigenvalue weighted by atomic mass is 9.78. The number of hydrogen-bond donors (Lipinski definition) is 2. The minimum Gasteiger partial charge on any atom is -0.481 e. The average molecular weight is 373 g/mol. The molecular weight excluding hydrogens is 332 g/mol. The van der Waals surface area contributed by atoms with Crippen molar-refractivity contribution >= 4 is 5.97 Å². The van der Waals surface area contributed by atoms with Gasteiger partial charge in [0, 0.05) is 23.7 Å². The lowest BCUT2D eigenvalue weighted by Gasteiger charge is -2.54. The number of piperidine rings is 1. The third-order valence-corrected chi connectivity index (χ3v) is 5.26. The second kappa shape index (κ2) is 10.6. The first kappa shape index (κ1) is 23.3. The van der Waals surface area contributed by atoms with Crippen LogP contribution in [0, 0.1) is 0 Å². The van der Waals surface area contributed by atoms with E-state index < -0.39 is 5.97 Å². The van der Waals surface area contributed by atoms with Gasteiger partial charge in [-0.3, -0.25) is 9.63 Å². The monoisotopic (exact) mass is 372 g/mol. The SMILES string of the molecule is CCCCCCCCON1C(C)(C)CC(N(O)CCC(=O)O)CC1(C)C. The van der Waals surface area contributed by atoms with Gasteiger partial charge in [0.25, 0.3) is 0 Å². The molecule has 1 saturated heterocycles. The maximum atomic E-state index is 10.8. The van der Waals surface area contributed by atoms with Crippen molar-refractivity contribution in [2.45, 2.75) is 110 Å². The van der Waals surface area contributed by atoms with Crippen LogP contribution in [-0.2, 0) is 9.63 Å². The number of unbranched alkanes of at least 4 members (excludes halogenated alkanes) is 5. The van der Waals surface area contributed by atoms with Gasteiger partial charge in [0.1, 0.15) is 0 Å². The number of hydrogen-bond acceptors (Lipinski definition) is 5. The number of nitrogens with zero attached hydrogens (tertiary/aromatic N) is 2. The van der Waals surface area contributed by atoms with Crippen LogP contribution in [0.2, 0.25) is 0 Å². The Labute approximate surface area is 159 Å². The summed E-state index contributed by atoms with van der Waals surface area (Å²) < 4.78 is 0. The molecule has 0 radical (unpaired) electrons. The third-order valence-electron chi connectivity index (χ3n) is 5.26. The van der Waals surface area contributed by atoms with Crippen molar-refractivity contribution in [3.63, 3.8) is 0 Å². The molecular formula is C20H40N2O4. The van der Waals surface area contributed by atoms with E-state index in [0.717, 1.165) is 25.9 Å². The Morgan fingerprint density at radius 3 is 2.15 bits per heavy atom. The van der Waals surface area contributed by atoms with Crippen LogP contribution >= 0.6 is 0 Å². The smallest absolute Gasteiger partial charge is 0.304 e. The molecule has 0 aromatic rings. The summed E-state index contributed by atoms with van der Waals surface area (Å²) in [6.07, 6.45) is 8.86. The number of carbonyl (C=O) groups is 1. The molecule has 6 nitrogen and oxygen atoms in total. The third kappa shape index (κ3) is 7.51. The zero-order chi connectivity index (χ0) is 19.8. The van der Waals surface area contributed by atoms with E-state index in [9.17, 15) is 10.0 Å². The van der Waals surface area contributed by atoms with Crippen molar-refractivity contribution in [1.29, 1.82) is 0 Å². The molecule has 1 aliphatic rings. The first-order valence-electron chi connectivity index (χ1n) is 10.2. The van der Waals surface area contributed by atoms with Gasteiger partial charge < -0.3 is 10.3 Å². The van der Waals surface area contributed by atoms with Gasteiger partial charge in [-0.25, -0.2) is 0 Å². The topological polar surface area (TPSA) is 73.2 Å². The van der Waals surface area contributed by atoms with E-state index in [-0.39, 0.29) is 30.1 Å². The summed E-state index contributed by atoms with van der Waals surface area (Å²) in [7, 11) is 0. The van der Waals surface area contributed by atoms with Crippen molar-refractivity contribution in [3.05, 3.63) is 0 Å². The van der Waals surface area contributed by atoms with Crippen LogP contribution in [0.4, 0.5) is 0 Å². The summed E-state index contributed by atoms with van der Waals surface area (Å²) >= 11 is 0. The molecule has 6 heteroatoms. The van der Waals surface area contributed by atoms with E-state index in [1.54, 1.807) is 0 Å². The molecule has 1 rings (SSSR count). The summed E-state index contributed by atoms with van der Waals surface area (Å²) in [5, 5.41) is 22.4. The molecule has 0 unspecified atom stereocenters. The molecule has 2 N–H and O–H groups in total. The molecule has 0 amide bonds. The molecule has 0 spiro atoms. The average Bonchev–Trinajstić information content (AvgIpc) is 2.52. The second-order valence-electron chi connectivity index (χ2n) is 8.89. The van der Waals surface area contributed by atoms with Gasteiger partial charge in [-0.15, -0.1) is 0 Å². The standard InChI is InChI=1S/C20H40N2O4/c1-6-7-8-9-10-11-14-26-22-19(2,3)15-17(16-20(22,4)5)21(25)13-12-18(23)24/h17,25H,6-16H2,1-5H3,(H,23,24). The number of carboxylic acid groups (broad SMARTS) is 1. The molecule has 0 aliphatic carbocycles. The number of carboxylic acids is 1. The van der Waals surface area contributed by atoms with Crippen molar-refractivity contribution < 1.29 is 19.9 Å². The molecule has 1 aliphatic heterocycles. The fourth-order valence-electron chi connectivity index (χ4n) is 4.20. The van der Waals surface area contributed by atoms with E-state index in [4.69, 9.17) is 9.94 Å². The summed E-state index contributed by atoms with van der Waals surface area (Å²) in [6, 6.07) is -0.0618. The first-order chi connectivity index (χ1) is 12.1. The normalized spacial score (nSPS) is 20.6. The summed E-state index contributed by atoms with van der Waals surface area (Å²) in [5.74, 6) is -0.887. The molecule has 26 heavy (non-hydrogen) atoms. The fourth-order valence-corrected chi connectivity index (χ4v) is 4.20. The van der Waals surface area contributed by atoms with Crippen molar-refractivity contribution in [2.75, 3.05) is 13.2 Å². The van der Waals surface area contributed by atoms with Crippen LogP contribution in [0.5, 0.6) is 0 Å². The van der Waals surface area contributed by atoms with Crippen LogP contribution in [0.25, 0.3) is 0 Å². The van der Waals surface area contributed by atoms with Crippen molar-refractivity contribution in [1.82, 2.24) is 10.1 Å². The molecule has 154 valence electrons. The van der Waals surface area contributed by atoms with Crippen LogP contribution < -0.4 is 0 Å². The molecule has 0 aromatic heterocycles. The van der Waals surface area contributed by atoms with Gasteiger partial charge in [0.2, 0.25) is 0 Å². The molecule has 1 heterocycles. The highest BCUT2D eigenvalue weighted by Crippen LogP contribution is 2.40. The molecule has 0 aromatic carbocycles. The zero-order valence-corrected chi connectivity index (χ0v) is 17.5. The van der Waals surface area contributed by atoms with Gasteiger partial charge >= 0.3 is 5.97 Å². The Kier molecular flexibility index (Phi) is 9.51. The van der Waals surface area contributed by atoms with Gasteiger partial charge in [0.05, 0.1) is 13.0 Å². The lowest BCUT2D eigenvalue weighted by molar-refractivity contribution is -0.300. The van der Waals surface area contributed by atoms with E-state index in [2.05, 4.69) is 39.7 Å². The van der Waals surface area contributed by atoms with E-state index in [1.165, 1.54) is 37.2 Å². The Morgan fingerprint density at radius 2 is 1.62 bits per heavy atom. The summed E-state index contributed by atoms with van der Waals surface area (Å²) in [6.45, 7) is 11.6. The van der Waals surface area contributed by atoms with Crippen molar-refractivity contribution in [3.8, 4) is 0 Å². The van der Waals surface area contributed by atoms with Crippen LogP contribution in [0.3, 0.4) is 0 Å². The van der Waals surface area contributed by atoms with E-state index in [0.29, 0.717) is 0 Å². The quantitative estimate of drug-likeness (QED) is 0.389. The highest BCUT2D eigenvalue weighted by Gasteiger charge is 2.47. The Hall–Kier alpha value is -0.690. The summed E-state index contributed by atoms with van der Waals surface area (Å²) in [5.41, 5.74) is -0.447. The number of rotatable bonds is 12. The fraction of sp³-hybridized carbons (Fsp3) is 0.950. The van der Waals surface area contributed by atoms with Crippen LogP contribution in [-0.4, -0.2) is 56.7 Å². The number of hydroxylamine groups is 4. The van der Waals surface area contributed by atoms with Gasteiger partial charge in [-0.1, -0.05) is 39.0 Å². The van der Waals surface area contributed by atoms with Gasteiger partial charge in [-0.2, -0.15) is 10.1 Å². The van der Waals surface area contributed by atoms with E-state index >= 15 is 0 Å². The highest BCUT2D eigenvalue weighted by atomic mass is 16.7.